The Morgan fingerprint density at radius 3 is 2.62 bits per heavy atom. The van der Waals surface area contributed by atoms with Gasteiger partial charge in [0.1, 0.15) is 0 Å². The van der Waals surface area contributed by atoms with Crippen LogP contribution in [0.25, 0.3) is 0 Å². The molecule has 0 aliphatic carbocycles. The lowest BCUT2D eigenvalue weighted by molar-refractivity contribution is -0.128. The minimum atomic E-state index is 0.431. The van der Waals surface area contributed by atoms with Crippen molar-refractivity contribution in [1.29, 1.82) is 0 Å². The first-order valence-corrected chi connectivity index (χ1v) is 5.69. The Labute approximate surface area is 96.8 Å². The molecule has 0 aromatic heterocycles. The maximum atomic E-state index is 9.18. The van der Waals surface area contributed by atoms with Gasteiger partial charge in [-0.15, -0.1) is 0 Å². The van der Waals surface area contributed by atoms with Crippen LogP contribution in [0.2, 0.25) is 0 Å². The predicted molar refractivity (Wildman–Crippen MR) is 64.4 cm³/mol. The van der Waals surface area contributed by atoms with Crippen molar-refractivity contribution >= 4 is 6.47 Å². The van der Waals surface area contributed by atoms with Gasteiger partial charge in [-0.1, -0.05) is 30.3 Å². The average Bonchev–Trinajstić information content (AvgIpc) is 2.86. The van der Waals surface area contributed by atoms with Crippen molar-refractivity contribution < 1.29 is 9.53 Å². The third kappa shape index (κ3) is 4.45. The maximum Gasteiger partial charge on any atom is 0.293 e. The SMILES string of the molecule is CCOC=O.c1ccc(C2CCNC2)cc1. The summed E-state index contributed by atoms with van der Waals surface area (Å²) in [7, 11) is 0. The van der Waals surface area contributed by atoms with Crippen LogP contribution in [0, 0.1) is 0 Å². The minimum absolute atomic E-state index is 0.431. The van der Waals surface area contributed by atoms with Crippen molar-refractivity contribution in [2.45, 2.75) is 19.3 Å². The fourth-order valence-corrected chi connectivity index (χ4v) is 1.73. The largest absolute Gasteiger partial charge is 0.468 e. The molecule has 0 radical (unpaired) electrons. The Bertz CT molecular complexity index is 281. The van der Waals surface area contributed by atoms with Crippen molar-refractivity contribution in [3.05, 3.63) is 35.9 Å². The number of hydrogen-bond acceptors (Lipinski definition) is 3. The monoisotopic (exact) mass is 221 g/mol. The van der Waals surface area contributed by atoms with Gasteiger partial charge in [0.15, 0.2) is 0 Å². The molecule has 1 heterocycles. The molecule has 0 saturated carbocycles. The lowest BCUT2D eigenvalue weighted by Crippen LogP contribution is -2.07. The van der Waals surface area contributed by atoms with Gasteiger partial charge in [-0.25, -0.2) is 0 Å². The Morgan fingerprint density at radius 2 is 2.19 bits per heavy atom. The van der Waals surface area contributed by atoms with Gasteiger partial charge in [0, 0.05) is 6.54 Å². The Kier molecular flexibility index (Phi) is 6.26. The van der Waals surface area contributed by atoms with E-state index in [0.717, 1.165) is 12.5 Å². The second-order valence-corrected chi connectivity index (χ2v) is 3.65. The van der Waals surface area contributed by atoms with Crippen molar-refractivity contribution in [2.24, 2.45) is 0 Å². The van der Waals surface area contributed by atoms with E-state index in [1.807, 2.05) is 0 Å². The molecule has 1 aromatic carbocycles. The minimum Gasteiger partial charge on any atom is -0.468 e. The second kappa shape index (κ2) is 7.88. The van der Waals surface area contributed by atoms with Crippen LogP contribution in [0.5, 0.6) is 0 Å². The fraction of sp³-hybridized carbons (Fsp3) is 0.462. The summed E-state index contributed by atoms with van der Waals surface area (Å²) in [6.07, 6.45) is 1.30. The van der Waals surface area contributed by atoms with Crippen LogP contribution >= 0.6 is 0 Å². The van der Waals surface area contributed by atoms with E-state index in [0.29, 0.717) is 13.1 Å². The molecule has 3 heteroatoms. The van der Waals surface area contributed by atoms with Gasteiger partial charge in [0.25, 0.3) is 6.47 Å². The summed E-state index contributed by atoms with van der Waals surface area (Å²) in [5.41, 5.74) is 1.48. The molecule has 1 saturated heterocycles. The highest BCUT2D eigenvalue weighted by Crippen LogP contribution is 2.21. The van der Waals surface area contributed by atoms with Gasteiger partial charge >= 0.3 is 0 Å². The zero-order valence-corrected chi connectivity index (χ0v) is 9.69. The zero-order chi connectivity index (χ0) is 11.6. The summed E-state index contributed by atoms with van der Waals surface area (Å²) in [6.45, 7) is 5.00. The number of ether oxygens (including phenoxy) is 1. The predicted octanol–water partition coefficient (Wildman–Crippen LogP) is 1.94. The van der Waals surface area contributed by atoms with E-state index in [1.165, 1.54) is 18.5 Å². The van der Waals surface area contributed by atoms with E-state index >= 15 is 0 Å². The average molecular weight is 221 g/mol. The third-order valence-electron chi connectivity index (χ3n) is 2.57. The Balaban J connectivity index is 0.000000221. The van der Waals surface area contributed by atoms with E-state index < -0.39 is 0 Å². The van der Waals surface area contributed by atoms with E-state index in [2.05, 4.69) is 40.4 Å². The number of nitrogens with one attached hydrogen (secondary N) is 1. The Morgan fingerprint density at radius 1 is 1.44 bits per heavy atom. The molecule has 1 aromatic rings. The number of rotatable bonds is 3. The number of carbonyl (C=O) groups is 1. The maximum absolute atomic E-state index is 9.18. The fourth-order valence-electron chi connectivity index (χ4n) is 1.73. The van der Waals surface area contributed by atoms with Crippen LogP contribution < -0.4 is 5.32 Å². The summed E-state index contributed by atoms with van der Waals surface area (Å²) in [5, 5.41) is 3.37. The van der Waals surface area contributed by atoms with Crippen molar-refractivity contribution in [3.8, 4) is 0 Å². The highest BCUT2D eigenvalue weighted by Gasteiger charge is 2.15. The van der Waals surface area contributed by atoms with Crippen molar-refractivity contribution in [1.82, 2.24) is 5.32 Å². The van der Waals surface area contributed by atoms with Crippen molar-refractivity contribution in [2.75, 3.05) is 19.7 Å². The number of hydrogen-bond donors (Lipinski definition) is 1. The molecule has 1 N–H and O–H groups in total. The van der Waals surface area contributed by atoms with E-state index in [4.69, 9.17) is 0 Å². The molecule has 0 bridgehead atoms. The van der Waals surface area contributed by atoms with Crippen LogP contribution in [-0.4, -0.2) is 26.2 Å². The first kappa shape index (κ1) is 12.7. The Hall–Kier alpha value is -1.35. The van der Waals surface area contributed by atoms with Gasteiger partial charge in [0.2, 0.25) is 0 Å². The lowest BCUT2D eigenvalue weighted by Gasteiger charge is -2.06. The van der Waals surface area contributed by atoms with Crippen LogP contribution in [0.3, 0.4) is 0 Å². The van der Waals surface area contributed by atoms with E-state index in [9.17, 15) is 4.79 Å². The summed E-state index contributed by atoms with van der Waals surface area (Å²) in [4.78, 5) is 9.18. The lowest BCUT2D eigenvalue weighted by atomic mass is 9.99. The summed E-state index contributed by atoms with van der Waals surface area (Å²) < 4.78 is 4.15. The van der Waals surface area contributed by atoms with Crippen LogP contribution in [0.15, 0.2) is 30.3 Å². The van der Waals surface area contributed by atoms with Crippen LogP contribution in [-0.2, 0) is 9.53 Å². The van der Waals surface area contributed by atoms with Gasteiger partial charge in [-0.05, 0) is 31.4 Å². The highest BCUT2D eigenvalue weighted by atomic mass is 16.5. The molecule has 2 rings (SSSR count). The zero-order valence-electron chi connectivity index (χ0n) is 9.69. The van der Waals surface area contributed by atoms with Gasteiger partial charge in [-0.3, -0.25) is 4.79 Å². The first-order chi connectivity index (χ1) is 7.88. The normalized spacial score (nSPS) is 18.4. The molecule has 0 spiro atoms. The summed E-state index contributed by atoms with van der Waals surface area (Å²) in [5.74, 6) is 0.760. The summed E-state index contributed by atoms with van der Waals surface area (Å²) >= 11 is 0. The van der Waals surface area contributed by atoms with Gasteiger partial charge in [-0.2, -0.15) is 0 Å². The van der Waals surface area contributed by atoms with E-state index in [1.54, 1.807) is 6.92 Å². The first-order valence-electron chi connectivity index (χ1n) is 5.69. The van der Waals surface area contributed by atoms with E-state index in [-0.39, 0.29) is 0 Å². The molecule has 88 valence electrons. The molecular weight excluding hydrogens is 202 g/mol. The topological polar surface area (TPSA) is 38.3 Å². The number of carbonyl (C=O) groups excluding carboxylic acids is 1. The molecule has 1 unspecified atom stereocenters. The third-order valence-corrected chi connectivity index (χ3v) is 2.57. The highest BCUT2D eigenvalue weighted by molar-refractivity contribution is 5.36. The summed E-state index contributed by atoms with van der Waals surface area (Å²) in [6, 6.07) is 10.8. The molecular formula is C13H19NO2. The molecule has 3 nitrogen and oxygen atoms in total. The molecule has 1 aliphatic rings. The van der Waals surface area contributed by atoms with Crippen molar-refractivity contribution in [3.63, 3.8) is 0 Å². The standard InChI is InChI=1S/C10H13N.C3H6O2/c1-2-4-9(5-3-1)10-6-7-11-8-10;1-2-5-3-4/h1-5,10-11H,6-8H2;3H,2H2,1H3. The smallest absolute Gasteiger partial charge is 0.293 e. The number of benzene rings is 1. The quantitative estimate of drug-likeness (QED) is 0.793. The van der Waals surface area contributed by atoms with Gasteiger partial charge in [0.05, 0.1) is 6.61 Å². The molecule has 16 heavy (non-hydrogen) atoms. The molecule has 1 fully saturated rings. The van der Waals surface area contributed by atoms with Crippen LogP contribution in [0.4, 0.5) is 0 Å². The molecule has 1 atom stereocenters. The molecule has 1 aliphatic heterocycles. The van der Waals surface area contributed by atoms with Crippen LogP contribution in [0.1, 0.15) is 24.8 Å². The molecule has 0 amide bonds. The van der Waals surface area contributed by atoms with Gasteiger partial charge < -0.3 is 10.1 Å². The second-order valence-electron chi connectivity index (χ2n) is 3.65.